The summed E-state index contributed by atoms with van der Waals surface area (Å²) >= 11 is 0. The molecule has 110 valence electrons. The van der Waals surface area contributed by atoms with Crippen molar-refractivity contribution in [3.63, 3.8) is 0 Å². The summed E-state index contributed by atoms with van der Waals surface area (Å²) in [6, 6.07) is 0. The van der Waals surface area contributed by atoms with Crippen molar-refractivity contribution >= 4 is 5.97 Å². The third kappa shape index (κ3) is 3.68. The van der Waals surface area contributed by atoms with Gasteiger partial charge in [0, 0.05) is 39.8 Å². The van der Waals surface area contributed by atoms with Crippen molar-refractivity contribution < 1.29 is 14.6 Å². The molecule has 1 saturated heterocycles. The highest BCUT2D eigenvalue weighted by Gasteiger charge is 2.44. The molecule has 0 unspecified atom stereocenters. The van der Waals surface area contributed by atoms with Gasteiger partial charge in [-0.15, -0.1) is 0 Å². The topological polar surface area (TPSA) is 53.0 Å². The second-order valence-corrected chi connectivity index (χ2v) is 5.87. The second kappa shape index (κ2) is 6.68. The largest absolute Gasteiger partial charge is 0.481 e. The SMILES string of the molecule is COCCN1CCN(CCC2(C(=O)O)CCC2)CC1. The van der Waals surface area contributed by atoms with Gasteiger partial charge in [0.15, 0.2) is 0 Å². The molecule has 1 aliphatic heterocycles. The van der Waals surface area contributed by atoms with Crippen molar-refractivity contribution in [3.8, 4) is 0 Å². The molecule has 1 aliphatic carbocycles. The predicted molar refractivity (Wildman–Crippen MR) is 73.3 cm³/mol. The molecule has 1 N–H and O–H groups in total. The number of aliphatic carboxylic acids is 1. The van der Waals surface area contributed by atoms with Crippen LogP contribution in [0.5, 0.6) is 0 Å². The highest BCUT2D eigenvalue weighted by molar-refractivity contribution is 5.75. The van der Waals surface area contributed by atoms with Crippen molar-refractivity contribution in [1.82, 2.24) is 9.80 Å². The molecular formula is C14H26N2O3. The Balaban J connectivity index is 1.67. The van der Waals surface area contributed by atoms with Crippen molar-refractivity contribution in [2.24, 2.45) is 5.41 Å². The standard InChI is InChI=1S/C14H26N2O3/c1-19-12-11-16-9-7-15(8-10-16)6-5-14(13(17)18)3-2-4-14/h2-12H2,1H3,(H,17,18). The highest BCUT2D eigenvalue weighted by atomic mass is 16.5. The van der Waals surface area contributed by atoms with Gasteiger partial charge in [-0.2, -0.15) is 0 Å². The van der Waals surface area contributed by atoms with E-state index in [9.17, 15) is 9.90 Å². The van der Waals surface area contributed by atoms with Gasteiger partial charge in [-0.25, -0.2) is 0 Å². The lowest BCUT2D eigenvalue weighted by molar-refractivity contribution is -0.155. The number of hydrogen-bond donors (Lipinski definition) is 1. The first-order chi connectivity index (χ1) is 9.16. The van der Waals surface area contributed by atoms with Crippen molar-refractivity contribution in [3.05, 3.63) is 0 Å². The van der Waals surface area contributed by atoms with Crippen LogP contribution in [0.1, 0.15) is 25.7 Å². The Kier molecular flexibility index (Phi) is 5.19. The predicted octanol–water partition coefficient (Wildman–Crippen LogP) is 0.895. The minimum absolute atomic E-state index is 0.396. The van der Waals surface area contributed by atoms with Crippen LogP contribution in [0.15, 0.2) is 0 Å². The van der Waals surface area contributed by atoms with Crippen molar-refractivity contribution in [2.45, 2.75) is 25.7 Å². The highest BCUT2D eigenvalue weighted by Crippen LogP contribution is 2.44. The average molecular weight is 270 g/mol. The van der Waals surface area contributed by atoms with E-state index in [4.69, 9.17) is 4.74 Å². The average Bonchev–Trinajstić information content (AvgIpc) is 2.36. The van der Waals surface area contributed by atoms with Crippen LogP contribution in [-0.2, 0) is 9.53 Å². The van der Waals surface area contributed by atoms with E-state index >= 15 is 0 Å². The molecule has 0 amide bonds. The molecule has 0 atom stereocenters. The number of rotatable bonds is 7. The number of ether oxygens (including phenoxy) is 1. The molecule has 2 fully saturated rings. The lowest BCUT2D eigenvalue weighted by atomic mass is 9.66. The molecule has 0 aromatic carbocycles. The van der Waals surface area contributed by atoms with Crippen LogP contribution in [0.25, 0.3) is 0 Å². The number of hydrogen-bond acceptors (Lipinski definition) is 4. The number of carboxylic acids is 1. The van der Waals surface area contributed by atoms with E-state index in [-0.39, 0.29) is 0 Å². The van der Waals surface area contributed by atoms with Gasteiger partial charge < -0.3 is 14.7 Å². The number of piperazine rings is 1. The normalized spacial score (nSPS) is 24.1. The molecule has 1 saturated carbocycles. The Morgan fingerprint density at radius 3 is 2.16 bits per heavy atom. The molecule has 19 heavy (non-hydrogen) atoms. The summed E-state index contributed by atoms with van der Waals surface area (Å²) in [6.45, 7) is 6.99. The summed E-state index contributed by atoms with van der Waals surface area (Å²) in [5, 5.41) is 9.31. The van der Waals surface area contributed by atoms with E-state index in [1.165, 1.54) is 0 Å². The fourth-order valence-corrected chi connectivity index (χ4v) is 3.00. The molecule has 0 aromatic rings. The summed E-state index contributed by atoms with van der Waals surface area (Å²) in [4.78, 5) is 16.1. The van der Waals surface area contributed by atoms with Gasteiger partial charge in [0.25, 0.3) is 0 Å². The first kappa shape index (κ1) is 14.8. The maximum atomic E-state index is 11.3. The summed E-state index contributed by atoms with van der Waals surface area (Å²) in [6.07, 6.45) is 3.64. The van der Waals surface area contributed by atoms with Crippen LogP contribution in [-0.4, -0.2) is 73.9 Å². The van der Waals surface area contributed by atoms with Crippen molar-refractivity contribution in [1.29, 1.82) is 0 Å². The molecule has 5 heteroatoms. The molecule has 0 bridgehead atoms. The Labute approximate surface area is 115 Å². The zero-order valence-corrected chi connectivity index (χ0v) is 11.9. The number of methoxy groups -OCH3 is 1. The first-order valence-corrected chi connectivity index (χ1v) is 7.33. The Morgan fingerprint density at radius 2 is 1.74 bits per heavy atom. The van der Waals surface area contributed by atoms with Gasteiger partial charge in [0.2, 0.25) is 0 Å². The van der Waals surface area contributed by atoms with Crippen LogP contribution in [0.4, 0.5) is 0 Å². The van der Waals surface area contributed by atoms with E-state index in [0.29, 0.717) is 0 Å². The van der Waals surface area contributed by atoms with E-state index < -0.39 is 11.4 Å². The molecule has 5 nitrogen and oxygen atoms in total. The van der Waals surface area contributed by atoms with Crippen LogP contribution in [0.3, 0.4) is 0 Å². The minimum atomic E-state index is -0.586. The van der Waals surface area contributed by atoms with Gasteiger partial charge in [0.05, 0.1) is 12.0 Å². The summed E-state index contributed by atoms with van der Waals surface area (Å²) in [5.41, 5.74) is -0.396. The Morgan fingerprint density at radius 1 is 1.16 bits per heavy atom. The number of carboxylic acid groups (broad SMARTS) is 1. The summed E-state index contributed by atoms with van der Waals surface area (Å²) in [5.74, 6) is -0.586. The zero-order valence-electron chi connectivity index (χ0n) is 11.9. The third-order valence-electron chi connectivity index (χ3n) is 4.75. The third-order valence-corrected chi connectivity index (χ3v) is 4.75. The van der Waals surface area contributed by atoms with E-state index in [2.05, 4.69) is 9.80 Å². The van der Waals surface area contributed by atoms with Gasteiger partial charge >= 0.3 is 5.97 Å². The Hall–Kier alpha value is -0.650. The monoisotopic (exact) mass is 270 g/mol. The zero-order chi connectivity index (χ0) is 13.7. The van der Waals surface area contributed by atoms with Gasteiger partial charge in [0.1, 0.15) is 0 Å². The van der Waals surface area contributed by atoms with E-state index in [1.807, 2.05) is 0 Å². The van der Waals surface area contributed by atoms with Gasteiger partial charge in [-0.05, 0) is 25.8 Å². The van der Waals surface area contributed by atoms with Gasteiger partial charge in [-0.3, -0.25) is 9.69 Å². The molecule has 0 aromatic heterocycles. The molecule has 1 heterocycles. The fraction of sp³-hybridized carbons (Fsp3) is 0.929. The van der Waals surface area contributed by atoms with E-state index in [1.54, 1.807) is 7.11 Å². The number of carbonyl (C=O) groups is 1. The molecule has 2 aliphatic rings. The second-order valence-electron chi connectivity index (χ2n) is 5.87. The Bertz CT molecular complexity index is 297. The first-order valence-electron chi connectivity index (χ1n) is 7.33. The molecule has 2 rings (SSSR count). The quantitative estimate of drug-likeness (QED) is 0.745. The van der Waals surface area contributed by atoms with E-state index in [0.717, 1.165) is 71.6 Å². The van der Waals surface area contributed by atoms with Gasteiger partial charge in [-0.1, -0.05) is 6.42 Å². The maximum Gasteiger partial charge on any atom is 0.309 e. The van der Waals surface area contributed by atoms with Crippen LogP contribution < -0.4 is 0 Å². The molecule has 0 radical (unpaired) electrons. The van der Waals surface area contributed by atoms with Crippen LogP contribution >= 0.6 is 0 Å². The van der Waals surface area contributed by atoms with Crippen LogP contribution in [0, 0.1) is 5.41 Å². The van der Waals surface area contributed by atoms with Crippen molar-refractivity contribution in [2.75, 3.05) is 53.0 Å². The smallest absolute Gasteiger partial charge is 0.309 e. The number of nitrogens with zero attached hydrogens (tertiary/aromatic N) is 2. The maximum absolute atomic E-state index is 11.3. The summed E-state index contributed by atoms with van der Waals surface area (Å²) in [7, 11) is 1.74. The minimum Gasteiger partial charge on any atom is -0.481 e. The summed E-state index contributed by atoms with van der Waals surface area (Å²) < 4.78 is 5.09. The molecular weight excluding hydrogens is 244 g/mol. The van der Waals surface area contributed by atoms with Crippen LogP contribution in [0.2, 0.25) is 0 Å². The lowest BCUT2D eigenvalue weighted by Gasteiger charge is -2.41. The fourth-order valence-electron chi connectivity index (χ4n) is 3.00. The molecule has 0 spiro atoms. The lowest BCUT2D eigenvalue weighted by Crippen LogP contribution is -2.49.